The Hall–Kier alpha value is -2.51. The summed E-state index contributed by atoms with van der Waals surface area (Å²) in [6.07, 6.45) is -9.64. The van der Waals surface area contributed by atoms with E-state index in [9.17, 15) is 31.1 Å². The Morgan fingerprint density at radius 1 is 0.875 bits per heavy atom. The molecule has 1 heterocycles. The highest BCUT2D eigenvalue weighted by Gasteiger charge is 2.63. The number of fused-ring (bicyclic) bond motifs is 3. The van der Waals surface area contributed by atoms with Crippen LogP contribution < -0.4 is 5.56 Å². The van der Waals surface area contributed by atoms with Gasteiger partial charge in [-0.15, -0.1) is 0 Å². The van der Waals surface area contributed by atoms with Gasteiger partial charge in [0, 0.05) is 21.9 Å². The van der Waals surface area contributed by atoms with E-state index in [1.54, 1.807) is 0 Å². The van der Waals surface area contributed by atoms with Crippen molar-refractivity contribution in [3.05, 3.63) is 58.4 Å². The van der Waals surface area contributed by atoms with Gasteiger partial charge < -0.3 is 4.98 Å². The van der Waals surface area contributed by atoms with Gasteiger partial charge in [0.15, 0.2) is 6.17 Å². The molecule has 0 fully saturated rings. The van der Waals surface area contributed by atoms with Crippen LogP contribution in [0.25, 0.3) is 21.7 Å². The topological polar surface area (TPSA) is 32.9 Å². The molecule has 1 aromatic heterocycles. The lowest BCUT2D eigenvalue weighted by atomic mass is 9.96. The van der Waals surface area contributed by atoms with E-state index in [0.29, 0.717) is 0 Å². The predicted octanol–water partition coefficient (Wildman–Crippen LogP) is 4.89. The Morgan fingerprint density at radius 2 is 1.50 bits per heavy atom. The standard InChI is InChI=1S/C16H9F6NO/c17-13(15(18,19)16(20,21)22)10-6-3-7-11-12(10)8-4-1-2-5-9(8)14(24)23-11/h1-7,13H,(H,23,24). The largest absolute Gasteiger partial charge is 0.456 e. The van der Waals surface area contributed by atoms with Crippen molar-refractivity contribution in [3.63, 3.8) is 0 Å². The Labute approximate surface area is 130 Å². The molecule has 0 amide bonds. The molecule has 0 aliphatic carbocycles. The monoisotopic (exact) mass is 345 g/mol. The number of hydrogen-bond acceptors (Lipinski definition) is 1. The van der Waals surface area contributed by atoms with Crippen LogP contribution in [0.2, 0.25) is 0 Å². The molecule has 0 radical (unpaired) electrons. The molecular weight excluding hydrogens is 336 g/mol. The van der Waals surface area contributed by atoms with E-state index < -0.39 is 29.4 Å². The van der Waals surface area contributed by atoms with E-state index in [4.69, 9.17) is 0 Å². The summed E-state index contributed by atoms with van der Waals surface area (Å²) in [5.41, 5.74) is -1.40. The normalized spacial score (nSPS) is 14.2. The van der Waals surface area contributed by atoms with Crippen molar-refractivity contribution >= 4 is 21.7 Å². The summed E-state index contributed by atoms with van der Waals surface area (Å²) in [6, 6.07) is 9.01. The quantitative estimate of drug-likeness (QED) is 0.521. The highest BCUT2D eigenvalue weighted by molar-refractivity contribution is 6.07. The molecule has 0 spiro atoms. The van der Waals surface area contributed by atoms with Crippen LogP contribution >= 0.6 is 0 Å². The maximum atomic E-state index is 14.2. The predicted molar refractivity (Wildman–Crippen MR) is 76.9 cm³/mol. The Balaban J connectivity index is 2.38. The van der Waals surface area contributed by atoms with Crippen LogP contribution in [0, 0.1) is 0 Å². The van der Waals surface area contributed by atoms with Crippen molar-refractivity contribution in [1.29, 1.82) is 0 Å². The van der Waals surface area contributed by atoms with Gasteiger partial charge in [0.05, 0.1) is 0 Å². The van der Waals surface area contributed by atoms with E-state index in [1.165, 1.54) is 30.3 Å². The van der Waals surface area contributed by atoms with Crippen molar-refractivity contribution in [2.24, 2.45) is 0 Å². The third-order valence-electron chi connectivity index (χ3n) is 3.76. The third-order valence-corrected chi connectivity index (χ3v) is 3.76. The van der Waals surface area contributed by atoms with E-state index in [-0.39, 0.29) is 21.7 Å². The Morgan fingerprint density at radius 3 is 2.12 bits per heavy atom. The van der Waals surface area contributed by atoms with E-state index in [1.807, 2.05) is 0 Å². The van der Waals surface area contributed by atoms with Crippen molar-refractivity contribution in [1.82, 2.24) is 4.98 Å². The fraction of sp³-hybridized carbons (Fsp3) is 0.188. The highest BCUT2D eigenvalue weighted by atomic mass is 19.4. The molecule has 24 heavy (non-hydrogen) atoms. The molecule has 1 unspecified atom stereocenters. The molecule has 2 nitrogen and oxygen atoms in total. The SMILES string of the molecule is O=c1[nH]c2cccc(C(F)C(F)(F)C(F)(F)F)c2c2ccccc12. The summed E-state index contributed by atoms with van der Waals surface area (Å²) in [5.74, 6) is -5.56. The van der Waals surface area contributed by atoms with E-state index >= 15 is 0 Å². The smallest absolute Gasteiger partial charge is 0.321 e. The number of pyridine rings is 1. The van der Waals surface area contributed by atoms with E-state index in [2.05, 4.69) is 4.98 Å². The second-order valence-electron chi connectivity index (χ2n) is 5.25. The minimum Gasteiger partial charge on any atom is -0.321 e. The van der Waals surface area contributed by atoms with Crippen LogP contribution in [0.15, 0.2) is 47.3 Å². The zero-order chi connectivity index (χ0) is 17.7. The van der Waals surface area contributed by atoms with Gasteiger partial charge in [0.2, 0.25) is 0 Å². The van der Waals surface area contributed by atoms with Crippen LogP contribution in [-0.2, 0) is 0 Å². The molecule has 3 aromatic rings. The number of alkyl halides is 6. The maximum absolute atomic E-state index is 14.2. The number of H-pyrrole nitrogens is 1. The lowest BCUT2D eigenvalue weighted by molar-refractivity contribution is -0.304. The van der Waals surface area contributed by atoms with Crippen molar-refractivity contribution in [2.75, 3.05) is 0 Å². The first-order chi connectivity index (χ1) is 11.1. The number of nitrogens with one attached hydrogen (secondary N) is 1. The number of halogens is 6. The Bertz CT molecular complexity index is 976. The summed E-state index contributed by atoms with van der Waals surface area (Å²) < 4.78 is 78.6. The van der Waals surface area contributed by atoms with Gasteiger partial charge in [-0.1, -0.05) is 30.3 Å². The molecule has 126 valence electrons. The van der Waals surface area contributed by atoms with Crippen molar-refractivity contribution < 1.29 is 26.3 Å². The molecule has 1 atom stereocenters. The summed E-state index contributed by atoms with van der Waals surface area (Å²) in [5, 5.41) is -0.00317. The van der Waals surface area contributed by atoms with Crippen molar-refractivity contribution in [2.45, 2.75) is 18.3 Å². The minimum atomic E-state index is -6.04. The maximum Gasteiger partial charge on any atom is 0.456 e. The van der Waals surface area contributed by atoms with Gasteiger partial charge in [-0.05, 0) is 17.5 Å². The number of aromatic nitrogens is 1. The van der Waals surface area contributed by atoms with Gasteiger partial charge in [-0.25, -0.2) is 4.39 Å². The average Bonchev–Trinajstić information content (AvgIpc) is 2.52. The summed E-state index contributed by atoms with van der Waals surface area (Å²) in [6.45, 7) is 0. The average molecular weight is 345 g/mol. The molecule has 3 rings (SSSR count). The lowest BCUT2D eigenvalue weighted by Crippen LogP contribution is -2.40. The van der Waals surface area contributed by atoms with Crippen LogP contribution in [0.5, 0.6) is 0 Å². The number of benzene rings is 2. The number of aromatic amines is 1. The minimum absolute atomic E-state index is 0.0168. The molecule has 0 saturated carbocycles. The molecule has 0 bridgehead atoms. The first kappa shape index (κ1) is 16.4. The highest BCUT2D eigenvalue weighted by Crippen LogP contribution is 2.48. The Kier molecular flexibility index (Phi) is 3.58. The second-order valence-corrected chi connectivity index (χ2v) is 5.25. The molecule has 2 aromatic carbocycles. The van der Waals surface area contributed by atoms with Crippen LogP contribution in [0.3, 0.4) is 0 Å². The number of rotatable bonds is 2. The summed E-state index contributed by atoms with van der Waals surface area (Å²) >= 11 is 0. The summed E-state index contributed by atoms with van der Waals surface area (Å²) in [7, 11) is 0. The molecule has 1 N–H and O–H groups in total. The molecule has 0 aliphatic heterocycles. The zero-order valence-corrected chi connectivity index (χ0v) is 11.8. The van der Waals surface area contributed by atoms with Crippen molar-refractivity contribution in [3.8, 4) is 0 Å². The first-order valence-corrected chi connectivity index (χ1v) is 6.77. The van der Waals surface area contributed by atoms with Gasteiger partial charge in [-0.2, -0.15) is 22.0 Å². The fourth-order valence-electron chi connectivity index (χ4n) is 2.61. The van der Waals surface area contributed by atoms with Crippen LogP contribution in [0.4, 0.5) is 26.3 Å². The lowest BCUT2D eigenvalue weighted by Gasteiger charge is -2.24. The molecule has 0 aliphatic rings. The molecular formula is C16H9F6NO. The van der Waals surface area contributed by atoms with Gasteiger partial charge in [0.25, 0.3) is 5.56 Å². The molecule has 0 saturated heterocycles. The van der Waals surface area contributed by atoms with Gasteiger partial charge >= 0.3 is 12.1 Å². The summed E-state index contributed by atoms with van der Waals surface area (Å²) in [4.78, 5) is 14.3. The van der Waals surface area contributed by atoms with Crippen LogP contribution in [0.1, 0.15) is 11.7 Å². The third kappa shape index (κ3) is 2.33. The van der Waals surface area contributed by atoms with Gasteiger partial charge in [0.1, 0.15) is 0 Å². The van der Waals surface area contributed by atoms with Gasteiger partial charge in [-0.3, -0.25) is 4.79 Å². The van der Waals surface area contributed by atoms with Crippen LogP contribution in [-0.4, -0.2) is 17.1 Å². The second kappa shape index (κ2) is 5.25. The zero-order valence-electron chi connectivity index (χ0n) is 11.8. The fourth-order valence-corrected chi connectivity index (χ4v) is 2.61. The number of hydrogen-bond donors (Lipinski definition) is 1. The molecule has 8 heteroatoms. The first-order valence-electron chi connectivity index (χ1n) is 6.77. The van der Waals surface area contributed by atoms with E-state index in [0.717, 1.165) is 12.1 Å².